The van der Waals surface area contributed by atoms with Crippen molar-refractivity contribution < 1.29 is 19.0 Å². The number of hydrogen-bond acceptors (Lipinski definition) is 6. The molecule has 0 unspecified atom stereocenters. The van der Waals surface area contributed by atoms with Gasteiger partial charge in [0.25, 0.3) is 11.5 Å². The Morgan fingerprint density at radius 3 is 2.27 bits per heavy atom. The second kappa shape index (κ2) is 8.37. The van der Waals surface area contributed by atoms with Crippen LogP contribution in [0.3, 0.4) is 0 Å². The number of aryl methyl sites for hydroxylation is 1. The van der Waals surface area contributed by atoms with E-state index in [1.807, 2.05) is 0 Å². The molecule has 1 amide bonds. The number of nitrogens with zero attached hydrogens (tertiary/aromatic N) is 2. The van der Waals surface area contributed by atoms with Gasteiger partial charge in [-0.15, -0.1) is 0 Å². The second-order valence-electron chi connectivity index (χ2n) is 5.62. The molecule has 0 atom stereocenters. The molecule has 0 bridgehead atoms. The molecule has 0 aliphatic rings. The number of benzene rings is 1. The van der Waals surface area contributed by atoms with Gasteiger partial charge in [0, 0.05) is 29.9 Å². The summed E-state index contributed by atoms with van der Waals surface area (Å²) >= 11 is 0. The minimum atomic E-state index is -0.311. The Morgan fingerprint density at radius 2 is 1.73 bits per heavy atom. The van der Waals surface area contributed by atoms with Crippen molar-refractivity contribution in [2.24, 2.45) is 0 Å². The fraction of sp³-hybridized carbons (Fsp3) is 0.389. The molecule has 0 spiro atoms. The first kappa shape index (κ1) is 19.3. The number of carbonyl (C=O) groups excluding carboxylic acids is 1. The molecule has 1 N–H and O–H groups in total. The maximum Gasteiger partial charge on any atom is 0.256 e. The normalized spacial score (nSPS) is 10.3. The van der Waals surface area contributed by atoms with E-state index in [9.17, 15) is 9.59 Å². The molecule has 26 heavy (non-hydrogen) atoms. The summed E-state index contributed by atoms with van der Waals surface area (Å²) in [5, 5.41) is 2.77. The third-order valence-electron chi connectivity index (χ3n) is 4.08. The van der Waals surface area contributed by atoms with Crippen molar-refractivity contribution >= 4 is 5.91 Å². The quantitative estimate of drug-likeness (QED) is 0.800. The fourth-order valence-electron chi connectivity index (χ4n) is 2.44. The first-order valence-electron chi connectivity index (χ1n) is 8.03. The van der Waals surface area contributed by atoms with Gasteiger partial charge >= 0.3 is 0 Å². The van der Waals surface area contributed by atoms with E-state index in [2.05, 4.69) is 10.3 Å². The highest BCUT2D eigenvalue weighted by Crippen LogP contribution is 2.38. The SMILES string of the molecule is COc1cc(C(=O)NCCn2cnc(C)c(C)c2=O)cc(OC)c1OC. The van der Waals surface area contributed by atoms with Crippen molar-refractivity contribution in [3.63, 3.8) is 0 Å². The van der Waals surface area contributed by atoms with Gasteiger partial charge < -0.3 is 19.5 Å². The number of rotatable bonds is 7. The Hall–Kier alpha value is -3.03. The minimum absolute atomic E-state index is 0.112. The summed E-state index contributed by atoms with van der Waals surface area (Å²) in [5.74, 6) is 0.895. The van der Waals surface area contributed by atoms with Crippen LogP contribution in [0.25, 0.3) is 0 Å². The Morgan fingerprint density at radius 1 is 1.12 bits per heavy atom. The maximum absolute atomic E-state index is 12.4. The number of hydrogen-bond donors (Lipinski definition) is 1. The molecule has 2 aromatic rings. The van der Waals surface area contributed by atoms with Gasteiger partial charge in [0.1, 0.15) is 0 Å². The summed E-state index contributed by atoms with van der Waals surface area (Å²) in [6.07, 6.45) is 1.48. The zero-order chi connectivity index (χ0) is 19.3. The van der Waals surface area contributed by atoms with Crippen LogP contribution in [0, 0.1) is 13.8 Å². The molecule has 0 fully saturated rings. The Labute approximate surface area is 151 Å². The van der Waals surface area contributed by atoms with Gasteiger partial charge in [-0.05, 0) is 26.0 Å². The molecular formula is C18H23N3O5. The average Bonchev–Trinajstić information content (AvgIpc) is 2.66. The number of carbonyl (C=O) groups is 1. The molecule has 0 aliphatic heterocycles. The number of ether oxygens (including phenoxy) is 3. The zero-order valence-corrected chi connectivity index (χ0v) is 15.6. The highest BCUT2D eigenvalue weighted by Gasteiger charge is 2.16. The number of aromatic nitrogens is 2. The number of amides is 1. The van der Waals surface area contributed by atoms with Gasteiger partial charge in [-0.1, -0.05) is 0 Å². The van der Waals surface area contributed by atoms with E-state index in [4.69, 9.17) is 14.2 Å². The Balaban J connectivity index is 2.11. The van der Waals surface area contributed by atoms with Gasteiger partial charge in [-0.3, -0.25) is 14.2 Å². The molecule has 0 saturated heterocycles. The van der Waals surface area contributed by atoms with E-state index in [1.165, 1.54) is 32.2 Å². The van der Waals surface area contributed by atoms with Crippen LogP contribution in [0.15, 0.2) is 23.3 Å². The van der Waals surface area contributed by atoms with E-state index in [1.54, 1.807) is 26.0 Å². The number of nitrogens with one attached hydrogen (secondary N) is 1. The summed E-state index contributed by atoms with van der Waals surface area (Å²) in [4.78, 5) is 28.7. The second-order valence-corrected chi connectivity index (χ2v) is 5.62. The van der Waals surface area contributed by atoms with Crippen molar-refractivity contribution in [2.75, 3.05) is 27.9 Å². The predicted molar refractivity (Wildman–Crippen MR) is 96.4 cm³/mol. The molecule has 0 radical (unpaired) electrons. The van der Waals surface area contributed by atoms with Crippen molar-refractivity contribution in [2.45, 2.75) is 20.4 Å². The van der Waals surface area contributed by atoms with Crippen LogP contribution >= 0.6 is 0 Å². The van der Waals surface area contributed by atoms with Crippen LogP contribution in [0.2, 0.25) is 0 Å². The summed E-state index contributed by atoms with van der Waals surface area (Å²) < 4.78 is 17.2. The van der Waals surface area contributed by atoms with E-state index in [-0.39, 0.29) is 18.0 Å². The molecule has 1 aromatic carbocycles. The summed E-state index contributed by atoms with van der Waals surface area (Å²) in [7, 11) is 4.46. The maximum atomic E-state index is 12.4. The van der Waals surface area contributed by atoms with E-state index in [0.717, 1.165) is 0 Å². The van der Waals surface area contributed by atoms with Gasteiger partial charge in [0.05, 0.1) is 27.7 Å². The molecule has 1 aromatic heterocycles. The standard InChI is InChI=1S/C18H23N3O5/c1-11-12(2)20-10-21(18(11)23)7-6-19-17(22)13-8-14(24-3)16(26-5)15(9-13)25-4/h8-10H,6-7H2,1-5H3,(H,19,22). The monoisotopic (exact) mass is 361 g/mol. The molecule has 2 rings (SSSR count). The Bertz CT molecular complexity index is 835. The third kappa shape index (κ3) is 3.96. The molecule has 1 heterocycles. The zero-order valence-electron chi connectivity index (χ0n) is 15.6. The number of methoxy groups -OCH3 is 3. The molecule has 140 valence electrons. The topological polar surface area (TPSA) is 91.7 Å². The summed E-state index contributed by atoms with van der Waals surface area (Å²) in [5.41, 5.74) is 1.56. The molecule has 0 aliphatic carbocycles. The van der Waals surface area contributed by atoms with Crippen LogP contribution in [-0.2, 0) is 6.54 Å². The van der Waals surface area contributed by atoms with Crippen molar-refractivity contribution in [3.8, 4) is 17.2 Å². The van der Waals surface area contributed by atoms with Gasteiger partial charge in [-0.25, -0.2) is 4.98 Å². The highest BCUT2D eigenvalue weighted by molar-refractivity contribution is 5.95. The highest BCUT2D eigenvalue weighted by atomic mass is 16.5. The predicted octanol–water partition coefficient (Wildman–Crippen LogP) is 1.32. The summed E-state index contributed by atoms with van der Waals surface area (Å²) in [6.45, 7) is 4.12. The van der Waals surface area contributed by atoms with Crippen molar-refractivity contribution in [3.05, 3.63) is 45.6 Å². The van der Waals surface area contributed by atoms with E-state index in [0.29, 0.717) is 40.6 Å². The van der Waals surface area contributed by atoms with Crippen LogP contribution < -0.4 is 25.1 Å². The first-order valence-corrected chi connectivity index (χ1v) is 8.03. The van der Waals surface area contributed by atoms with Crippen LogP contribution in [0.4, 0.5) is 0 Å². The third-order valence-corrected chi connectivity index (χ3v) is 4.08. The van der Waals surface area contributed by atoms with Crippen molar-refractivity contribution in [1.82, 2.24) is 14.9 Å². The Kier molecular flexibility index (Phi) is 6.21. The van der Waals surface area contributed by atoms with Gasteiger partial charge in [0.2, 0.25) is 5.75 Å². The lowest BCUT2D eigenvalue weighted by atomic mass is 10.1. The minimum Gasteiger partial charge on any atom is -0.493 e. The van der Waals surface area contributed by atoms with E-state index >= 15 is 0 Å². The molecular weight excluding hydrogens is 338 g/mol. The van der Waals surface area contributed by atoms with Crippen LogP contribution in [-0.4, -0.2) is 43.3 Å². The summed E-state index contributed by atoms with van der Waals surface area (Å²) in [6, 6.07) is 3.14. The molecule has 0 saturated carbocycles. The average molecular weight is 361 g/mol. The lowest BCUT2D eigenvalue weighted by molar-refractivity contribution is 0.0951. The lowest BCUT2D eigenvalue weighted by Gasteiger charge is -2.14. The van der Waals surface area contributed by atoms with E-state index < -0.39 is 0 Å². The fourth-order valence-corrected chi connectivity index (χ4v) is 2.44. The van der Waals surface area contributed by atoms with Crippen LogP contribution in [0.5, 0.6) is 17.2 Å². The largest absolute Gasteiger partial charge is 0.493 e. The van der Waals surface area contributed by atoms with Crippen molar-refractivity contribution in [1.29, 1.82) is 0 Å². The lowest BCUT2D eigenvalue weighted by Crippen LogP contribution is -2.32. The van der Waals surface area contributed by atoms with Gasteiger partial charge in [-0.2, -0.15) is 0 Å². The van der Waals surface area contributed by atoms with Gasteiger partial charge in [0.15, 0.2) is 11.5 Å². The molecule has 8 nitrogen and oxygen atoms in total. The smallest absolute Gasteiger partial charge is 0.256 e. The first-order chi connectivity index (χ1) is 12.4. The molecule has 8 heteroatoms. The van der Waals surface area contributed by atoms with Crippen LogP contribution in [0.1, 0.15) is 21.6 Å².